The van der Waals surface area contributed by atoms with E-state index in [9.17, 15) is 9.59 Å². The molecule has 12 nitrogen and oxygen atoms in total. The van der Waals surface area contributed by atoms with E-state index in [1.54, 1.807) is 0 Å². The molecule has 2 fully saturated rings. The first-order valence-corrected chi connectivity index (χ1v) is 23.4. The fourth-order valence-corrected chi connectivity index (χ4v) is 7.25. The summed E-state index contributed by atoms with van der Waals surface area (Å²) in [4.78, 5) is 26.0. The molecular weight excluding hydrogens is 777 g/mol. The molecule has 2 amide bonds. The Labute approximate surface area is 366 Å². The number of benzene rings is 2. The van der Waals surface area contributed by atoms with Crippen molar-refractivity contribution in [3.63, 3.8) is 0 Å². The van der Waals surface area contributed by atoms with E-state index >= 15 is 0 Å². The smallest absolute Gasteiger partial charge is 0.412 e. The maximum Gasteiger partial charge on any atom is 0.412 e. The van der Waals surface area contributed by atoms with Gasteiger partial charge in [0.1, 0.15) is 0 Å². The second kappa shape index (κ2) is 29.2. The van der Waals surface area contributed by atoms with Gasteiger partial charge >= 0.3 is 12.2 Å². The Morgan fingerprint density at radius 2 is 0.885 bits per heavy atom. The van der Waals surface area contributed by atoms with Crippen LogP contribution in [0, 0.1) is 10.8 Å². The molecule has 0 bridgehead atoms. The monoisotopic (exact) mass is 855 g/mol. The molecule has 2 aromatic rings. The van der Waals surface area contributed by atoms with Crippen LogP contribution in [0.15, 0.2) is 48.5 Å². The highest BCUT2D eigenvalue weighted by molar-refractivity contribution is 5.85. The molecule has 2 aromatic carbocycles. The molecule has 12 heteroatoms. The highest BCUT2D eigenvalue weighted by Gasteiger charge is 2.38. The predicted molar refractivity (Wildman–Crippen MR) is 241 cm³/mol. The van der Waals surface area contributed by atoms with Gasteiger partial charge in [-0.3, -0.25) is 10.6 Å². The quantitative estimate of drug-likeness (QED) is 0.0656. The first kappa shape index (κ1) is 50.4. The van der Waals surface area contributed by atoms with Gasteiger partial charge in [-0.2, -0.15) is 0 Å². The summed E-state index contributed by atoms with van der Waals surface area (Å²) < 4.78 is 46.4. The fourth-order valence-electron chi connectivity index (χ4n) is 7.25. The largest absolute Gasteiger partial charge is 0.441 e. The normalized spacial score (nSPS) is 16.2. The summed E-state index contributed by atoms with van der Waals surface area (Å²) in [7, 11) is 0. The van der Waals surface area contributed by atoms with Gasteiger partial charge in [0.05, 0.1) is 66.1 Å². The number of anilines is 2. The molecule has 2 aliphatic rings. The van der Waals surface area contributed by atoms with Crippen LogP contribution in [-0.4, -0.2) is 104 Å². The zero-order chi connectivity index (χ0) is 43.4. The van der Waals surface area contributed by atoms with Crippen LogP contribution in [0.3, 0.4) is 0 Å². The number of amides is 2. The molecule has 2 aliphatic heterocycles. The Kier molecular flexibility index (Phi) is 24.1. The standard InChI is InChI=1S/C49H78N2O10/c1-5-9-11-13-15-17-27-54-30-44(32-56-34-48(7-3)36-58-37-48)60-46(52)50-42-23-19-40(20-24-42)29-41-21-25-43(26-22-41)51-47(53)61-45(31-55-28-18-16-14-12-10-6-2)33-57-35-49(8-4)38-59-39-49/h19-26,44-45H,5-18,27-39H2,1-4H3,(H,50,52)(H,51,53). The van der Waals surface area contributed by atoms with Crippen molar-refractivity contribution in [1.82, 2.24) is 0 Å². The van der Waals surface area contributed by atoms with Crippen LogP contribution in [0.1, 0.15) is 129 Å². The van der Waals surface area contributed by atoms with Crippen LogP contribution in [0.2, 0.25) is 0 Å². The Morgan fingerprint density at radius 1 is 0.525 bits per heavy atom. The maximum atomic E-state index is 13.0. The summed E-state index contributed by atoms with van der Waals surface area (Å²) >= 11 is 0. The molecule has 2 heterocycles. The minimum absolute atomic E-state index is 0.0485. The zero-order valence-electron chi connectivity index (χ0n) is 37.9. The molecule has 61 heavy (non-hydrogen) atoms. The van der Waals surface area contributed by atoms with Gasteiger partial charge < -0.3 is 37.9 Å². The Balaban J connectivity index is 1.20. The van der Waals surface area contributed by atoms with Crippen molar-refractivity contribution in [3.8, 4) is 0 Å². The lowest BCUT2D eigenvalue weighted by Crippen LogP contribution is -2.46. The van der Waals surface area contributed by atoms with Crippen molar-refractivity contribution in [2.24, 2.45) is 10.8 Å². The lowest BCUT2D eigenvalue weighted by Gasteiger charge is -2.40. The molecule has 0 radical (unpaired) electrons. The third kappa shape index (κ3) is 19.8. The van der Waals surface area contributed by atoms with Crippen molar-refractivity contribution < 1.29 is 47.5 Å². The number of ether oxygens (including phenoxy) is 8. The lowest BCUT2D eigenvalue weighted by molar-refractivity contribution is -0.157. The van der Waals surface area contributed by atoms with Gasteiger partial charge in [0.25, 0.3) is 0 Å². The highest BCUT2D eigenvalue weighted by atomic mass is 16.6. The van der Waals surface area contributed by atoms with Crippen LogP contribution in [0.25, 0.3) is 0 Å². The minimum atomic E-state index is -0.545. The van der Waals surface area contributed by atoms with Gasteiger partial charge in [-0.15, -0.1) is 0 Å². The Morgan fingerprint density at radius 3 is 1.23 bits per heavy atom. The third-order valence-corrected chi connectivity index (χ3v) is 11.8. The van der Waals surface area contributed by atoms with Crippen LogP contribution in [-0.2, 0) is 44.3 Å². The zero-order valence-corrected chi connectivity index (χ0v) is 37.9. The second-order valence-corrected chi connectivity index (χ2v) is 17.3. The van der Waals surface area contributed by atoms with Crippen molar-refractivity contribution in [2.75, 3.05) is 89.9 Å². The molecule has 4 rings (SSSR count). The first-order chi connectivity index (χ1) is 29.8. The molecule has 0 spiro atoms. The molecule has 2 N–H and O–H groups in total. The van der Waals surface area contributed by atoms with E-state index in [-0.39, 0.29) is 37.3 Å². The average molecular weight is 855 g/mol. The number of carbonyl (C=O) groups excluding carboxylic acids is 2. The summed E-state index contributed by atoms with van der Waals surface area (Å²) in [5.41, 5.74) is 3.50. The van der Waals surface area contributed by atoms with Crippen molar-refractivity contribution in [3.05, 3.63) is 59.7 Å². The maximum absolute atomic E-state index is 13.0. The van der Waals surface area contributed by atoms with E-state index in [1.165, 1.54) is 51.4 Å². The van der Waals surface area contributed by atoms with E-state index in [4.69, 9.17) is 37.9 Å². The molecule has 0 aliphatic carbocycles. The summed E-state index contributed by atoms with van der Waals surface area (Å²) in [6.45, 7) is 15.0. The van der Waals surface area contributed by atoms with Crippen LogP contribution < -0.4 is 10.6 Å². The van der Waals surface area contributed by atoms with Crippen LogP contribution in [0.5, 0.6) is 0 Å². The third-order valence-electron chi connectivity index (χ3n) is 11.8. The molecule has 2 atom stereocenters. The number of hydrogen-bond acceptors (Lipinski definition) is 10. The minimum Gasteiger partial charge on any atom is -0.441 e. The van der Waals surface area contributed by atoms with Gasteiger partial charge in [-0.1, -0.05) is 116 Å². The van der Waals surface area contributed by atoms with E-state index in [1.807, 2.05) is 48.5 Å². The van der Waals surface area contributed by atoms with Gasteiger partial charge in [-0.25, -0.2) is 9.59 Å². The Bertz CT molecular complexity index is 1340. The molecule has 2 saturated heterocycles. The number of rotatable bonds is 34. The number of carbonyl (C=O) groups is 2. The summed E-state index contributed by atoms with van der Waals surface area (Å²) in [5.74, 6) is 0. The molecule has 2 unspecified atom stereocenters. The van der Waals surface area contributed by atoms with Gasteiger partial charge in [0, 0.05) is 35.4 Å². The van der Waals surface area contributed by atoms with E-state index in [0.29, 0.717) is 70.7 Å². The fraction of sp³-hybridized carbons (Fsp3) is 0.714. The molecule has 0 saturated carbocycles. The number of hydrogen-bond donors (Lipinski definition) is 2. The van der Waals surface area contributed by atoms with E-state index in [2.05, 4.69) is 38.3 Å². The summed E-state index contributed by atoms with van der Waals surface area (Å²) in [6.07, 6.45) is 14.7. The first-order valence-electron chi connectivity index (χ1n) is 23.4. The summed E-state index contributed by atoms with van der Waals surface area (Å²) in [6, 6.07) is 15.4. The second-order valence-electron chi connectivity index (χ2n) is 17.3. The molecular formula is C49H78N2O10. The van der Waals surface area contributed by atoms with Crippen LogP contribution in [0.4, 0.5) is 21.0 Å². The topological polar surface area (TPSA) is 132 Å². The van der Waals surface area contributed by atoms with Crippen molar-refractivity contribution >= 4 is 23.6 Å². The molecule has 344 valence electrons. The SMILES string of the molecule is CCCCCCCCOCC(COCC1(CC)COC1)OC(=O)Nc1ccc(Cc2ccc(NC(=O)OC(COCCCCCCCC)COCC3(CC)COC3)cc2)cc1. The van der Waals surface area contributed by atoms with Crippen LogP contribution >= 0.6 is 0 Å². The van der Waals surface area contributed by atoms with Gasteiger partial charge in [0.15, 0.2) is 12.2 Å². The Hall–Kier alpha value is -3.26. The number of unbranched alkanes of at least 4 members (excludes halogenated alkanes) is 10. The molecule has 0 aromatic heterocycles. The van der Waals surface area contributed by atoms with E-state index < -0.39 is 24.4 Å². The lowest BCUT2D eigenvalue weighted by atomic mass is 9.84. The average Bonchev–Trinajstić information content (AvgIpc) is 3.23. The predicted octanol–water partition coefficient (Wildman–Crippen LogP) is 10.8. The summed E-state index contributed by atoms with van der Waals surface area (Å²) in [5, 5.41) is 5.72. The van der Waals surface area contributed by atoms with Crippen molar-refractivity contribution in [2.45, 2.75) is 136 Å². The van der Waals surface area contributed by atoms with E-state index in [0.717, 1.165) is 49.7 Å². The van der Waals surface area contributed by atoms with Crippen molar-refractivity contribution in [1.29, 1.82) is 0 Å². The van der Waals surface area contributed by atoms with Gasteiger partial charge in [-0.05, 0) is 67.5 Å². The number of nitrogens with one attached hydrogen (secondary N) is 2. The van der Waals surface area contributed by atoms with Gasteiger partial charge in [0.2, 0.25) is 0 Å². The highest BCUT2D eigenvalue weighted by Crippen LogP contribution is 2.32.